The lowest BCUT2D eigenvalue weighted by atomic mass is 10.00. The van der Waals surface area contributed by atoms with Crippen molar-refractivity contribution in [3.63, 3.8) is 0 Å². The first kappa shape index (κ1) is 9.89. The zero-order chi connectivity index (χ0) is 11.2. The molecule has 1 amide bonds. The van der Waals surface area contributed by atoms with Gasteiger partial charge >= 0.3 is 0 Å². The van der Waals surface area contributed by atoms with Gasteiger partial charge in [-0.3, -0.25) is 4.79 Å². The molecule has 0 radical (unpaired) electrons. The van der Waals surface area contributed by atoms with E-state index in [9.17, 15) is 13.6 Å². The second kappa shape index (κ2) is 2.92. The van der Waals surface area contributed by atoms with E-state index < -0.39 is 17.2 Å². The van der Waals surface area contributed by atoms with E-state index in [1.165, 1.54) is 6.07 Å². The first-order chi connectivity index (χ1) is 6.92. The average molecular weight is 212 g/mol. The van der Waals surface area contributed by atoms with Crippen molar-refractivity contribution in [1.29, 1.82) is 0 Å². The number of halogens is 2. The van der Waals surface area contributed by atoms with Crippen LogP contribution in [-0.4, -0.2) is 11.4 Å². The fourth-order valence-electron chi connectivity index (χ4n) is 1.42. The third-order valence-corrected chi connectivity index (χ3v) is 2.35. The molecule has 1 aliphatic heterocycles. The molecule has 2 N–H and O–H groups in total. The van der Waals surface area contributed by atoms with Gasteiger partial charge in [0.25, 0.3) is 0 Å². The summed E-state index contributed by atoms with van der Waals surface area (Å²) in [7, 11) is 0. The number of benzene rings is 1. The minimum Gasteiger partial charge on any atom is -0.367 e. The predicted octanol–water partition coefficient (Wildman–Crippen LogP) is 2.11. The van der Waals surface area contributed by atoms with Crippen LogP contribution in [0.2, 0.25) is 0 Å². The highest BCUT2D eigenvalue weighted by Crippen LogP contribution is 2.33. The van der Waals surface area contributed by atoms with Crippen LogP contribution in [-0.2, 0) is 4.79 Å². The maximum atomic E-state index is 13.4. The normalized spacial score (nSPS) is 17.7. The van der Waals surface area contributed by atoms with Crippen LogP contribution in [0.15, 0.2) is 12.1 Å². The molecule has 0 aromatic heterocycles. The van der Waals surface area contributed by atoms with Gasteiger partial charge in [-0.2, -0.15) is 0 Å². The van der Waals surface area contributed by atoms with E-state index in [1.807, 2.05) is 0 Å². The fraction of sp³-hybridized carbons (Fsp3) is 0.300. The molecule has 1 aromatic carbocycles. The van der Waals surface area contributed by atoms with Crippen molar-refractivity contribution in [3.05, 3.63) is 23.8 Å². The maximum absolute atomic E-state index is 13.4. The van der Waals surface area contributed by atoms with Crippen LogP contribution in [0.3, 0.4) is 0 Å². The first-order valence-corrected chi connectivity index (χ1v) is 4.49. The molecule has 0 fully saturated rings. The molecular weight excluding hydrogens is 202 g/mol. The lowest BCUT2D eigenvalue weighted by Crippen LogP contribution is -2.47. The van der Waals surface area contributed by atoms with E-state index in [1.54, 1.807) is 13.8 Å². The highest BCUT2D eigenvalue weighted by Gasteiger charge is 2.34. The Morgan fingerprint density at radius 3 is 2.60 bits per heavy atom. The van der Waals surface area contributed by atoms with Crippen LogP contribution < -0.4 is 10.6 Å². The van der Waals surface area contributed by atoms with Gasteiger partial charge < -0.3 is 10.6 Å². The predicted molar refractivity (Wildman–Crippen MR) is 52.7 cm³/mol. The van der Waals surface area contributed by atoms with Gasteiger partial charge in [-0.1, -0.05) is 0 Å². The zero-order valence-electron chi connectivity index (χ0n) is 8.32. The highest BCUT2D eigenvalue weighted by molar-refractivity contribution is 6.05. The largest absolute Gasteiger partial charge is 0.367 e. The summed E-state index contributed by atoms with van der Waals surface area (Å²) >= 11 is 0. The summed E-state index contributed by atoms with van der Waals surface area (Å²) in [6.07, 6.45) is 0. The molecule has 0 atom stereocenters. The Labute approximate surface area is 85.5 Å². The van der Waals surface area contributed by atoms with Crippen LogP contribution in [0.5, 0.6) is 0 Å². The van der Waals surface area contributed by atoms with Gasteiger partial charge in [0.05, 0.1) is 11.4 Å². The third-order valence-electron chi connectivity index (χ3n) is 2.35. The maximum Gasteiger partial charge on any atom is 0.249 e. The van der Waals surface area contributed by atoms with Crippen molar-refractivity contribution < 1.29 is 13.6 Å². The number of amides is 1. The van der Waals surface area contributed by atoms with Gasteiger partial charge in [0.2, 0.25) is 5.91 Å². The molecule has 0 spiro atoms. The standard InChI is InChI=1S/C10H10F2N2O/c1-10(2)9(15)13-6-4-3-5(11)7(12)8(6)14-10/h3-4,14H,1-2H3,(H,13,15). The van der Waals surface area contributed by atoms with Crippen LogP contribution in [0.1, 0.15) is 13.8 Å². The van der Waals surface area contributed by atoms with Gasteiger partial charge in [-0.05, 0) is 26.0 Å². The lowest BCUT2D eigenvalue weighted by molar-refractivity contribution is -0.119. The van der Waals surface area contributed by atoms with E-state index in [4.69, 9.17) is 0 Å². The highest BCUT2D eigenvalue weighted by atomic mass is 19.2. The van der Waals surface area contributed by atoms with Crippen LogP contribution in [0, 0.1) is 11.6 Å². The SMILES string of the molecule is CC1(C)Nc2c(ccc(F)c2F)NC1=O. The second-order valence-corrected chi connectivity index (χ2v) is 3.99. The van der Waals surface area contributed by atoms with Crippen molar-refractivity contribution in [3.8, 4) is 0 Å². The number of rotatable bonds is 0. The van der Waals surface area contributed by atoms with Gasteiger partial charge in [0.15, 0.2) is 11.6 Å². The lowest BCUT2D eigenvalue weighted by Gasteiger charge is -2.32. The zero-order valence-corrected chi connectivity index (χ0v) is 8.32. The van der Waals surface area contributed by atoms with Crippen molar-refractivity contribution in [2.24, 2.45) is 0 Å². The summed E-state index contributed by atoms with van der Waals surface area (Å²) in [6, 6.07) is 2.31. The Hall–Kier alpha value is -1.65. The Morgan fingerprint density at radius 2 is 1.93 bits per heavy atom. The van der Waals surface area contributed by atoms with E-state index >= 15 is 0 Å². The monoisotopic (exact) mass is 212 g/mol. The summed E-state index contributed by atoms with van der Waals surface area (Å²) in [5.41, 5.74) is -0.681. The minimum atomic E-state index is -0.972. The first-order valence-electron chi connectivity index (χ1n) is 4.49. The second-order valence-electron chi connectivity index (χ2n) is 3.99. The van der Waals surface area contributed by atoms with E-state index in [-0.39, 0.29) is 17.3 Å². The quantitative estimate of drug-likeness (QED) is 0.691. The Kier molecular flexibility index (Phi) is 1.92. The van der Waals surface area contributed by atoms with Crippen molar-refractivity contribution in [2.45, 2.75) is 19.4 Å². The summed E-state index contributed by atoms with van der Waals surface area (Å²) in [6.45, 7) is 3.19. The Balaban J connectivity index is 2.56. The molecule has 0 saturated heterocycles. The number of fused-ring (bicyclic) bond motifs is 1. The molecule has 0 bridgehead atoms. The summed E-state index contributed by atoms with van der Waals surface area (Å²) in [4.78, 5) is 11.5. The molecule has 1 aromatic rings. The molecule has 1 aliphatic rings. The molecule has 0 unspecified atom stereocenters. The molecule has 5 heteroatoms. The van der Waals surface area contributed by atoms with Gasteiger partial charge in [0, 0.05) is 0 Å². The number of hydrogen-bond acceptors (Lipinski definition) is 2. The average Bonchev–Trinajstić information content (AvgIpc) is 2.15. The number of hydrogen-bond donors (Lipinski definition) is 2. The van der Waals surface area contributed by atoms with Gasteiger partial charge in [-0.15, -0.1) is 0 Å². The number of nitrogens with one attached hydrogen (secondary N) is 2. The molecule has 3 nitrogen and oxygen atoms in total. The van der Waals surface area contributed by atoms with Crippen molar-refractivity contribution >= 4 is 17.3 Å². The number of anilines is 2. The Bertz CT molecular complexity index is 443. The number of carbonyl (C=O) groups is 1. The summed E-state index contributed by atoms with van der Waals surface area (Å²) < 4.78 is 26.3. The van der Waals surface area contributed by atoms with Crippen LogP contribution in [0.25, 0.3) is 0 Å². The molecule has 0 aliphatic carbocycles. The molecule has 1 heterocycles. The van der Waals surface area contributed by atoms with Crippen LogP contribution >= 0.6 is 0 Å². The minimum absolute atomic E-state index is 0.000370. The molecular formula is C10H10F2N2O. The van der Waals surface area contributed by atoms with E-state index in [0.29, 0.717) is 0 Å². The molecule has 2 rings (SSSR count). The van der Waals surface area contributed by atoms with Gasteiger partial charge in [0.1, 0.15) is 5.54 Å². The molecule has 15 heavy (non-hydrogen) atoms. The van der Waals surface area contributed by atoms with Crippen LogP contribution in [0.4, 0.5) is 20.2 Å². The topological polar surface area (TPSA) is 41.1 Å². The third kappa shape index (κ3) is 1.44. The fourth-order valence-corrected chi connectivity index (χ4v) is 1.42. The summed E-state index contributed by atoms with van der Waals surface area (Å²) in [5, 5.41) is 5.18. The molecule has 80 valence electrons. The number of carbonyl (C=O) groups excluding carboxylic acids is 1. The van der Waals surface area contributed by atoms with E-state index in [2.05, 4.69) is 10.6 Å². The van der Waals surface area contributed by atoms with Crippen molar-refractivity contribution in [2.75, 3.05) is 10.6 Å². The van der Waals surface area contributed by atoms with E-state index in [0.717, 1.165) is 6.07 Å². The Morgan fingerprint density at radius 1 is 1.27 bits per heavy atom. The summed E-state index contributed by atoms with van der Waals surface area (Å²) in [5.74, 6) is -2.19. The smallest absolute Gasteiger partial charge is 0.249 e. The van der Waals surface area contributed by atoms with Gasteiger partial charge in [-0.25, -0.2) is 8.78 Å². The molecule has 0 saturated carbocycles. The van der Waals surface area contributed by atoms with Crippen molar-refractivity contribution in [1.82, 2.24) is 0 Å².